The van der Waals surface area contributed by atoms with Gasteiger partial charge in [-0.2, -0.15) is 12.5 Å². The van der Waals surface area contributed by atoms with E-state index in [1.807, 2.05) is 0 Å². The minimum absolute atomic E-state index is 0.00816. The van der Waals surface area contributed by atoms with Crippen molar-refractivity contribution >= 4 is 21.1 Å². The van der Waals surface area contributed by atoms with Gasteiger partial charge in [-0.05, 0) is 0 Å². The summed E-state index contributed by atoms with van der Waals surface area (Å²) in [6.07, 6.45) is 3.41. The normalized spacial score (nSPS) is 12.1. The van der Waals surface area contributed by atoms with Crippen LogP contribution < -0.4 is 11.2 Å². The number of hydrogen-bond donors (Lipinski definition) is 1. The highest BCUT2D eigenvalue weighted by Gasteiger charge is 2.22. The van der Waals surface area contributed by atoms with Crippen molar-refractivity contribution in [3.63, 3.8) is 0 Å². The number of hydrogen-bond acceptors (Lipinski definition) is 6. The topological polar surface area (TPSA) is 125 Å². The first kappa shape index (κ1) is 13.3. The van der Waals surface area contributed by atoms with E-state index in [1.54, 1.807) is 0 Å². The second-order valence-corrected chi connectivity index (χ2v) is 6.13. The zero-order valence-electron chi connectivity index (χ0n) is 11.0. The van der Waals surface area contributed by atoms with E-state index in [4.69, 9.17) is 0 Å². The van der Waals surface area contributed by atoms with Crippen LogP contribution in [-0.2, 0) is 24.1 Å². The molecule has 3 aromatic rings. The van der Waals surface area contributed by atoms with Crippen molar-refractivity contribution in [2.75, 3.05) is 0 Å². The Morgan fingerprint density at radius 1 is 1.19 bits per heavy atom. The Balaban J connectivity index is 2.39. The summed E-state index contributed by atoms with van der Waals surface area (Å²) in [6, 6.07) is 0. The summed E-state index contributed by atoms with van der Waals surface area (Å²) in [5.41, 5.74) is -1.21. The number of aryl methyl sites for hydroxylation is 1. The van der Waals surface area contributed by atoms with E-state index in [0.717, 1.165) is 21.5 Å². The monoisotopic (exact) mass is 310 g/mol. The van der Waals surface area contributed by atoms with Crippen molar-refractivity contribution in [1.29, 1.82) is 0 Å². The molecule has 0 saturated heterocycles. The number of aromatic nitrogens is 6. The molecular formula is C10H10N6O4S. The smallest absolute Gasteiger partial charge is 0.332 e. The molecule has 110 valence electrons. The van der Waals surface area contributed by atoms with Crippen LogP contribution in [0, 0.1) is 0 Å². The van der Waals surface area contributed by atoms with Gasteiger partial charge < -0.3 is 4.98 Å². The lowest BCUT2D eigenvalue weighted by Crippen LogP contribution is -2.36. The largest absolute Gasteiger partial charge is 0.334 e. The molecule has 0 fully saturated rings. The third kappa shape index (κ3) is 1.74. The van der Waals surface area contributed by atoms with Crippen molar-refractivity contribution in [3.8, 4) is 0 Å². The fourth-order valence-electron chi connectivity index (χ4n) is 1.93. The number of imidazole rings is 1. The number of nitrogens with zero attached hydrogens (tertiary/aromatic N) is 5. The molecule has 0 aliphatic heterocycles. The highest BCUT2D eigenvalue weighted by Crippen LogP contribution is 2.12. The molecule has 3 aromatic heterocycles. The number of rotatable bonds is 2. The van der Waals surface area contributed by atoms with Gasteiger partial charge in [-0.3, -0.25) is 13.9 Å². The molecule has 0 unspecified atom stereocenters. The van der Waals surface area contributed by atoms with Gasteiger partial charge in [0.05, 0.1) is 18.7 Å². The number of H-pyrrole nitrogens is 1. The molecule has 0 radical (unpaired) electrons. The predicted molar refractivity (Wildman–Crippen MR) is 71.4 cm³/mol. The summed E-state index contributed by atoms with van der Waals surface area (Å²) in [6.45, 7) is 0. The van der Waals surface area contributed by atoms with Gasteiger partial charge in [0.1, 0.15) is 5.39 Å². The van der Waals surface area contributed by atoms with Gasteiger partial charge in [0, 0.05) is 14.1 Å². The molecule has 0 spiro atoms. The van der Waals surface area contributed by atoms with Crippen LogP contribution >= 0.6 is 0 Å². The Morgan fingerprint density at radius 3 is 2.52 bits per heavy atom. The van der Waals surface area contributed by atoms with Crippen LogP contribution in [0.25, 0.3) is 11.0 Å². The Morgan fingerprint density at radius 2 is 1.90 bits per heavy atom. The minimum Gasteiger partial charge on any atom is -0.334 e. The molecule has 21 heavy (non-hydrogen) atoms. The average Bonchev–Trinajstić information content (AvgIpc) is 3.11. The van der Waals surface area contributed by atoms with Crippen molar-refractivity contribution in [3.05, 3.63) is 39.6 Å². The third-order valence-corrected chi connectivity index (χ3v) is 4.56. The number of nitrogens with one attached hydrogen (secondary N) is 1. The highest BCUT2D eigenvalue weighted by molar-refractivity contribution is 7.89. The summed E-state index contributed by atoms with van der Waals surface area (Å²) in [4.78, 5) is 29.9. The van der Waals surface area contributed by atoms with Crippen molar-refractivity contribution in [2.24, 2.45) is 14.1 Å². The van der Waals surface area contributed by atoms with Crippen LogP contribution in [0.2, 0.25) is 0 Å². The molecule has 11 heteroatoms. The third-order valence-electron chi connectivity index (χ3n) is 3.10. The summed E-state index contributed by atoms with van der Waals surface area (Å²) in [5, 5.41) is 3.69. The van der Waals surface area contributed by atoms with E-state index >= 15 is 0 Å². The van der Waals surface area contributed by atoms with Gasteiger partial charge in [0.15, 0.2) is 10.7 Å². The van der Waals surface area contributed by atoms with Gasteiger partial charge in [-0.1, -0.05) is 0 Å². The lowest BCUT2D eigenvalue weighted by atomic mass is 10.4. The maximum Gasteiger partial charge on any atom is 0.332 e. The van der Waals surface area contributed by atoms with E-state index in [2.05, 4.69) is 15.1 Å². The van der Waals surface area contributed by atoms with E-state index in [1.165, 1.54) is 20.4 Å². The van der Waals surface area contributed by atoms with Gasteiger partial charge in [-0.25, -0.2) is 9.78 Å². The van der Waals surface area contributed by atoms with Crippen molar-refractivity contribution in [2.45, 2.75) is 5.03 Å². The first-order chi connectivity index (χ1) is 9.84. The molecule has 3 rings (SSSR count). The molecule has 0 saturated carbocycles. The van der Waals surface area contributed by atoms with Crippen LogP contribution in [0.3, 0.4) is 0 Å². The second-order valence-electron chi connectivity index (χ2n) is 4.37. The molecular weight excluding hydrogens is 300 g/mol. The Kier molecular flexibility index (Phi) is 2.63. The summed E-state index contributed by atoms with van der Waals surface area (Å²) in [7, 11) is -1.28. The van der Waals surface area contributed by atoms with E-state index in [9.17, 15) is 18.0 Å². The van der Waals surface area contributed by atoms with E-state index < -0.39 is 21.3 Å². The zero-order chi connectivity index (χ0) is 15.4. The molecule has 10 nitrogen and oxygen atoms in total. The Labute approximate surface area is 117 Å². The van der Waals surface area contributed by atoms with Crippen molar-refractivity contribution < 1.29 is 8.42 Å². The van der Waals surface area contributed by atoms with E-state index in [-0.39, 0.29) is 16.1 Å². The van der Waals surface area contributed by atoms with Crippen LogP contribution in [-0.4, -0.2) is 36.7 Å². The SMILES string of the molecule is Cn1c(=O)c2cn(S(=O)(=O)c3cnc[nH]3)nc2n(C)c1=O. The molecule has 3 heterocycles. The molecule has 0 aliphatic rings. The standard InChI is InChI=1S/C10H10N6O4S/c1-14-8-6(9(17)15(2)10(14)18)4-16(13-8)21(19,20)7-3-11-5-12-7/h3-5H,1-2H3,(H,11,12). The predicted octanol–water partition coefficient (Wildman–Crippen LogP) is -1.61. The molecule has 1 N–H and O–H groups in total. The van der Waals surface area contributed by atoms with Gasteiger partial charge >= 0.3 is 5.69 Å². The molecule has 0 amide bonds. The van der Waals surface area contributed by atoms with Crippen LogP contribution in [0.1, 0.15) is 0 Å². The lowest BCUT2D eigenvalue weighted by Gasteiger charge is -2.01. The number of aromatic amines is 1. The number of fused-ring (bicyclic) bond motifs is 1. The van der Waals surface area contributed by atoms with Gasteiger partial charge in [-0.15, -0.1) is 5.10 Å². The Bertz CT molecular complexity index is 1050. The summed E-state index contributed by atoms with van der Waals surface area (Å²) >= 11 is 0. The highest BCUT2D eigenvalue weighted by atomic mass is 32.2. The summed E-state index contributed by atoms with van der Waals surface area (Å²) < 4.78 is 27.2. The van der Waals surface area contributed by atoms with Crippen LogP contribution in [0.15, 0.2) is 33.3 Å². The molecule has 0 bridgehead atoms. The fraction of sp³-hybridized carbons (Fsp3) is 0.200. The van der Waals surface area contributed by atoms with Crippen LogP contribution in [0.4, 0.5) is 0 Å². The maximum absolute atomic E-state index is 12.3. The van der Waals surface area contributed by atoms with Gasteiger partial charge in [0.2, 0.25) is 0 Å². The molecule has 0 aliphatic carbocycles. The summed E-state index contributed by atoms with van der Waals surface area (Å²) in [5.74, 6) is 0. The fourth-order valence-corrected chi connectivity index (χ4v) is 2.96. The first-order valence-electron chi connectivity index (χ1n) is 5.73. The first-order valence-corrected chi connectivity index (χ1v) is 7.17. The van der Waals surface area contributed by atoms with E-state index in [0.29, 0.717) is 4.09 Å². The van der Waals surface area contributed by atoms with Crippen molar-refractivity contribution in [1.82, 2.24) is 28.3 Å². The molecule has 0 atom stereocenters. The quantitative estimate of drug-likeness (QED) is 0.607. The molecule has 0 aromatic carbocycles. The lowest BCUT2D eigenvalue weighted by molar-refractivity contribution is 0.577. The minimum atomic E-state index is -3.99. The van der Waals surface area contributed by atoms with Crippen LogP contribution in [0.5, 0.6) is 0 Å². The average molecular weight is 310 g/mol. The second kappa shape index (κ2) is 4.15. The maximum atomic E-state index is 12.3. The van der Waals surface area contributed by atoms with Gasteiger partial charge in [0.25, 0.3) is 15.6 Å². The zero-order valence-corrected chi connectivity index (χ0v) is 11.8. The Hall–Kier alpha value is -2.69.